The van der Waals surface area contributed by atoms with Crippen LogP contribution in [0.4, 0.5) is 5.69 Å². The molecule has 3 aromatic rings. The molecule has 0 saturated carbocycles. The predicted molar refractivity (Wildman–Crippen MR) is 110 cm³/mol. The average Bonchev–Trinajstić information content (AvgIpc) is 3.18. The Labute approximate surface area is 163 Å². The number of carbonyl (C=O) groups is 2. The van der Waals surface area contributed by atoms with E-state index in [9.17, 15) is 9.59 Å². The summed E-state index contributed by atoms with van der Waals surface area (Å²) in [5, 5.41) is 5.93. The number of nitrogens with one attached hydrogen (secondary N) is 1. The molecule has 2 heterocycles. The molecule has 27 heavy (non-hydrogen) atoms. The molecule has 0 radical (unpaired) electrons. The molecule has 0 bridgehead atoms. The van der Waals surface area contributed by atoms with Crippen molar-refractivity contribution in [1.29, 1.82) is 0 Å². The second kappa shape index (κ2) is 7.56. The number of benzene rings is 1. The zero-order valence-corrected chi connectivity index (χ0v) is 17.1. The van der Waals surface area contributed by atoms with E-state index in [1.165, 1.54) is 11.3 Å². The van der Waals surface area contributed by atoms with E-state index in [2.05, 4.69) is 5.32 Å². The molecule has 3 rings (SSSR count). The minimum Gasteiger partial charge on any atom is -0.461 e. The molecule has 0 unspecified atom stereocenters. The van der Waals surface area contributed by atoms with Crippen LogP contribution in [0, 0.1) is 20.8 Å². The van der Waals surface area contributed by atoms with E-state index in [1.807, 2.05) is 44.4 Å². The third kappa shape index (κ3) is 3.62. The smallest absolute Gasteiger partial charge is 0.355 e. The van der Waals surface area contributed by atoms with Crippen LogP contribution in [-0.2, 0) is 9.53 Å². The molecule has 0 saturated heterocycles. The second-order valence-electron chi connectivity index (χ2n) is 6.74. The SMILES string of the molecule is CCOC(=O)c1cc2ccsc2n1[C@@H](C)C(=O)Nc1c(C)cc(C)cc1C. The van der Waals surface area contributed by atoms with Crippen LogP contribution in [0.3, 0.4) is 0 Å². The van der Waals surface area contributed by atoms with Gasteiger partial charge in [-0.1, -0.05) is 17.7 Å². The summed E-state index contributed by atoms with van der Waals surface area (Å²) < 4.78 is 6.95. The molecule has 5 nitrogen and oxygen atoms in total. The van der Waals surface area contributed by atoms with E-state index in [0.717, 1.165) is 32.6 Å². The number of nitrogens with zero attached hydrogens (tertiary/aromatic N) is 1. The highest BCUT2D eigenvalue weighted by atomic mass is 32.1. The number of ether oxygens (including phenoxy) is 1. The highest BCUT2D eigenvalue weighted by Gasteiger charge is 2.25. The summed E-state index contributed by atoms with van der Waals surface area (Å²) >= 11 is 1.51. The topological polar surface area (TPSA) is 60.3 Å². The Kier molecular flexibility index (Phi) is 5.37. The van der Waals surface area contributed by atoms with E-state index in [1.54, 1.807) is 24.5 Å². The number of hydrogen-bond donors (Lipinski definition) is 1. The molecule has 0 spiro atoms. The molecule has 0 aliphatic heterocycles. The zero-order valence-electron chi connectivity index (χ0n) is 16.3. The van der Waals surface area contributed by atoms with Gasteiger partial charge in [-0.05, 0) is 63.3 Å². The van der Waals surface area contributed by atoms with Gasteiger partial charge in [0.1, 0.15) is 16.6 Å². The molecule has 2 aromatic heterocycles. The maximum Gasteiger partial charge on any atom is 0.355 e. The summed E-state index contributed by atoms with van der Waals surface area (Å²) in [6, 6.07) is 7.27. The molecule has 1 atom stereocenters. The van der Waals surface area contributed by atoms with Crippen molar-refractivity contribution in [3.05, 3.63) is 52.0 Å². The minimum absolute atomic E-state index is 0.165. The summed E-state index contributed by atoms with van der Waals surface area (Å²) in [6.45, 7) is 9.87. The lowest BCUT2D eigenvalue weighted by molar-refractivity contribution is -0.118. The van der Waals surface area contributed by atoms with Gasteiger partial charge >= 0.3 is 5.97 Å². The number of amides is 1. The number of aromatic nitrogens is 1. The van der Waals surface area contributed by atoms with Crippen LogP contribution >= 0.6 is 11.3 Å². The quantitative estimate of drug-likeness (QED) is 0.630. The van der Waals surface area contributed by atoms with Crippen molar-refractivity contribution >= 4 is 39.1 Å². The molecule has 1 aromatic carbocycles. The highest BCUT2D eigenvalue weighted by Crippen LogP contribution is 2.30. The fraction of sp³-hybridized carbons (Fsp3) is 0.333. The third-order valence-electron chi connectivity index (χ3n) is 4.62. The Morgan fingerprint density at radius 1 is 1.19 bits per heavy atom. The Bertz CT molecular complexity index is 993. The summed E-state index contributed by atoms with van der Waals surface area (Å²) in [5.74, 6) is -0.579. The van der Waals surface area contributed by atoms with Gasteiger partial charge in [0, 0.05) is 11.1 Å². The summed E-state index contributed by atoms with van der Waals surface area (Å²) in [6.07, 6.45) is 0. The zero-order chi connectivity index (χ0) is 19.7. The lowest BCUT2D eigenvalue weighted by atomic mass is 10.0. The molecular formula is C21H24N2O3S. The largest absolute Gasteiger partial charge is 0.461 e. The standard InChI is InChI=1S/C21H24N2O3S/c1-6-26-21(25)17-11-16-7-8-27-20(16)23(17)15(5)19(24)22-18-13(3)9-12(2)10-14(18)4/h7-11,15H,6H2,1-5H3,(H,22,24)/t15-/m0/s1. The first-order valence-electron chi connectivity index (χ1n) is 8.97. The predicted octanol–water partition coefficient (Wildman–Crippen LogP) is 5.00. The van der Waals surface area contributed by atoms with Crippen molar-refractivity contribution in [2.75, 3.05) is 11.9 Å². The van der Waals surface area contributed by atoms with Crippen molar-refractivity contribution in [2.24, 2.45) is 0 Å². The van der Waals surface area contributed by atoms with Crippen LogP contribution in [0.2, 0.25) is 0 Å². The number of esters is 1. The average molecular weight is 385 g/mol. The maximum absolute atomic E-state index is 13.0. The van der Waals surface area contributed by atoms with Crippen molar-refractivity contribution in [1.82, 2.24) is 4.57 Å². The van der Waals surface area contributed by atoms with Crippen LogP contribution in [0.25, 0.3) is 10.2 Å². The van der Waals surface area contributed by atoms with Gasteiger partial charge in [0.2, 0.25) is 5.91 Å². The van der Waals surface area contributed by atoms with Gasteiger partial charge in [0.15, 0.2) is 0 Å². The van der Waals surface area contributed by atoms with Crippen LogP contribution in [0.1, 0.15) is 47.1 Å². The van der Waals surface area contributed by atoms with Gasteiger partial charge in [0.05, 0.1) is 6.61 Å². The monoisotopic (exact) mass is 384 g/mol. The summed E-state index contributed by atoms with van der Waals surface area (Å²) in [4.78, 5) is 26.3. The molecule has 0 aliphatic carbocycles. The maximum atomic E-state index is 13.0. The third-order valence-corrected chi connectivity index (χ3v) is 5.55. The van der Waals surface area contributed by atoms with Crippen LogP contribution in [0.15, 0.2) is 29.6 Å². The number of carbonyl (C=O) groups excluding carboxylic acids is 2. The van der Waals surface area contributed by atoms with E-state index < -0.39 is 12.0 Å². The Balaban J connectivity index is 1.97. The molecule has 1 N–H and O–H groups in total. The van der Waals surface area contributed by atoms with Crippen molar-refractivity contribution in [3.8, 4) is 0 Å². The lowest BCUT2D eigenvalue weighted by Gasteiger charge is -2.19. The first-order valence-corrected chi connectivity index (χ1v) is 9.85. The number of rotatable bonds is 5. The van der Waals surface area contributed by atoms with Crippen LogP contribution < -0.4 is 5.32 Å². The number of anilines is 1. The van der Waals surface area contributed by atoms with Gasteiger partial charge in [-0.25, -0.2) is 4.79 Å². The van der Waals surface area contributed by atoms with E-state index in [0.29, 0.717) is 12.3 Å². The fourth-order valence-corrected chi connectivity index (χ4v) is 4.39. The molecule has 142 valence electrons. The number of aryl methyl sites for hydroxylation is 3. The number of thiophene rings is 1. The van der Waals surface area contributed by atoms with Crippen LogP contribution in [0.5, 0.6) is 0 Å². The molecule has 6 heteroatoms. The van der Waals surface area contributed by atoms with Gasteiger partial charge in [-0.2, -0.15) is 0 Å². The molecule has 0 fully saturated rings. The van der Waals surface area contributed by atoms with E-state index in [4.69, 9.17) is 4.74 Å². The lowest BCUT2D eigenvalue weighted by Crippen LogP contribution is -2.26. The first-order chi connectivity index (χ1) is 12.8. The van der Waals surface area contributed by atoms with E-state index in [-0.39, 0.29) is 5.91 Å². The van der Waals surface area contributed by atoms with Gasteiger partial charge in [0.25, 0.3) is 0 Å². The number of fused-ring (bicyclic) bond motifs is 1. The normalized spacial score (nSPS) is 12.2. The number of hydrogen-bond acceptors (Lipinski definition) is 4. The van der Waals surface area contributed by atoms with Crippen LogP contribution in [-0.4, -0.2) is 23.1 Å². The fourth-order valence-electron chi connectivity index (χ4n) is 3.41. The van der Waals surface area contributed by atoms with Gasteiger partial charge < -0.3 is 14.6 Å². The molecule has 1 amide bonds. The van der Waals surface area contributed by atoms with Crippen molar-refractivity contribution in [2.45, 2.75) is 40.7 Å². The Morgan fingerprint density at radius 3 is 2.48 bits per heavy atom. The van der Waals surface area contributed by atoms with E-state index >= 15 is 0 Å². The van der Waals surface area contributed by atoms with Crippen molar-refractivity contribution in [3.63, 3.8) is 0 Å². The summed E-state index contributed by atoms with van der Waals surface area (Å²) in [7, 11) is 0. The second-order valence-corrected chi connectivity index (χ2v) is 7.63. The summed E-state index contributed by atoms with van der Waals surface area (Å²) in [5.41, 5.74) is 4.43. The van der Waals surface area contributed by atoms with Gasteiger partial charge in [-0.3, -0.25) is 4.79 Å². The highest BCUT2D eigenvalue weighted by molar-refractivity contribution is 7.16. The molecular weight excluding hydrogens is 360 g/mol. The Hall–Kier alpha value is -2.60. The Morgan fingerprint density at radius 2 is 1.85 bits per heavy atom. The first kappa shape index (κ1) is 19.2. The van der Waals surface area contributed by atoms with Gasteiger partial charge in [-0.15, -0.1) is 11.3 Å². The van der Waals surface area contributed by atoms with Crippen molar-refractivity contribution < 1.29 is 14.3 Å². The molecule has 0 aliphatic rings. The minimum atomic E-state index is -0.555.